The molecular weight excluding hydrogens is 360 g/mol. The van der Waals surface area contributed by atoms with Crippen molar-refractivity contribution in [2.75, 3.05) is 12.4 Å². The van der Waals surface area contributed by atoms with Crippen LogP contribution in [0.15, 0.2) is 64.2 Å². The van der Waals surface area contributed by atoms with Crippen molar-refractivity contribution >= 4 is 49.7 Å². The molecule has 0 aliphatic carbocycles. The molecule has 2 heterocycles. The fourth-order valence-corrected chi connectivity index (χ4v) is 3.90. The van der Waals surface area contributed by atoms with Crippen LogP contribution in [0.25, 0.3) is 21.0 Å². The Morgan fingerprint density at radius 2 is 2.04 bits per heavy atom. The molecule has 0 fully saturated rings. The van der Waals surface area contributed by atoms with Crippen molar-refractivity contribution in [2.45, 2.75) is 0 Å². The molecule has 27 heavy (non-hydrogen) atoms. The second-order valence-corrected chi connectivity index (χ2v) is 6.75. The van der Waals surface area contributed by atoms with Gasteiger partial charge in [-0.15, -0.1) is 16.4 Å². The molecule has 0 atom stereocenters. The maximum absolute atomic E-state index is 9.71. The van der Waals surface area contributed by atoms with Gasteiger partial charge in [0.2, 0.25) is 0 Å². The number of thiophene rings is 1. The van der Waals surface area contributed by atoms with Gasteiger partial charge in [-0.1, -0.05) is 23.4 Å². The average molecular weight is 376 g/mol. The first-order valence-corrected chi connectivity index (χ1v) is 9.07. The number of nitrogens with one attached hydrogen (secondary N) is 3. The highest BCUT2D eigenvalue weighted by Gasteiger charge is 2.12. The summed E-state index contributed by atoms with van der Waals surface area (Å²) < 4.78 is 1.13. The smallest absolute Gasteiger partial charge is 0.157 e. The lowest BCUT2D eigenvalue weighted by Crippen LogP contribution is -2.19. The normalized spacial score (nSPS) is 11.7. The Morgan fingerprint density at radius 3 is 2.81 bits per heavy atom. The Bertz CT molecular complexity index is 1180. The molecule has 7 nitrogen and oxygen atoms in total. The van der Waals surface area contributed by atoms with Gasteiger partial charge in [0.1, 0.15) is 11.6 Å². The van der Waals surface area contributed by atoms with Crippen molar-refractivity contribution in [3.05, 3.63) is 59.5 Å². The molecule has 2 aromatic carbocycles. The number of amidine groups is 1. The predicted molar refractivity (Wildman–Crippen MR) is 109 cm³/mol. The van der Waals surface area contributed by atoms with Gasteiger partial charge in [-0.05, 0) is 29.6 Å². The fourth-order valence-electron chi connectivity index (χ4n) is 2.97. The van der Waals surface area contributed by atoms with Crippen molar-refractivity contribution in [1.29, 1.82) is 5.53 Å². The number of benzene rings is 2. The van der Waals surface area contributed by atoms with Gasteiger partial charge in [0, 0.05) is 39.8 Å². The summed E-state index contributed by atoms with van der Waals surface area (Å²) in [4.78, 5) is 4.79. The number of hydrogen-bond donors (Lipinski definition) is 4. The zero-order chi connectivity index (χ0) is 18.8. The molecule has 0 saturated heterocycles. The van der Waals surface area contributed by atoms with Crippen LogP contribution in [0, 0.1) is 5.53 Å². The molecule has 134 valence electrons. The summed E-state index contributed by atoms with van der Waals surface area (Å²) in [5.74, 6) is 1.41. The molecule has 0 radical (unpaired) electrons. The average Bonchev–Trinajstić information content (AvgIpc) is 3.16. The third kappa shape index (κ3) is 3.18. The molecule has 0 unspecified atom stereocenters. The third-order valence-corrected chi connectivity index (χ3v) is 5.11. The Balaban J connectivity index is 1.88. The molecule has 0 aliphatic heterocycles. The number of aromatic nitrogens is 1. The minimum atomic E-state index is 0.193. The van der Waals surface area contributed by atoms with E-state index in [1.54, 1.807) is 36.6 Å². The lowest BCUT2D eigenvalue weighted by Gasteiger charge is -2.11. The van der Waals surface area contributed by atoms with Gasteiger partial charge in [-0.25, -0.2) is 4.98 Å². The number of phenols is 1. The molecule has 8 heteroatoms. The van der Waals surface area contributed by atoms with Crippen LogP contribution in [0.1, 0.15) is 5.56 Å². The highest BCUT2D eigenvalue weighted by Crippen LogP contribution is 2.35. The largest absolute Gasteiger partial charge is 0.508 e. The molecule has 2 aromatic heterocycles. The van der Waals surface area contributed by atoms with E-state index >= 15 is 0 Å². The predicted octanol–water partition coefficient (Wildman–Crippen LogP) is 4.81. The van der Waals surface area contributed by atoms with E-state index in [4.69, 9.17) is 10.5 Å². The van der Waals surface area contributed by atoms with Gasteiger partial charge in [-0.3, -0.25) is 0 Å². The zero-order valence-corrected chi connectivity index (χ0v) is 15.2. The van der Waals surface area contributed by atoms with Gasteiger partial charge >= 0.3 is 0 Å². The second-order valence-electron chi connectivity index (χ2n) is 5.83. The molecule has 4 aromatic rings. The molecular formula is C19H16N6OS. The van der Waals surface area contributed by atoms with E-state index in [2.05, 4.69) is 21.0 Å². The first kappa shape index (κ1) is 16.9. The van der Waals surface area contributed by atoms with Gasteiger partial charge < -0.3 is 15.7 Å². The lowest BCUT2D eigenvalue weighted by atomic mass is 10.1. The molecule has 0 spiro atoms. The molecule has 4 N–H and O–H groups in total. The van der Waals surface area contributed by atoms with E-state index in [-0.39, 0.29) is 5.75 Å². The Labute approximate surface area is 158 Å². The quantitative estimate of drug-likeness (QED) is 0.177. The number of anilines is 2. The Morgan fingerprint density at radius 1 is 1.15 bits per heavy atom. The van der Waals surface area contributed by atoms with Crippen molar-refractivity contribution < 1.29 is 5.11 Å². The van der Waals surface area contributed by atoms with Crippen LogP contribution in [-0.2, 0) is 0 Å². The van der Waals surface area contributed by atoms with Gasteiger partial charge in [0.25, 0.3) is 0 Å². The maximum Gasteiger partial charge on any atom is 0.157 e. The summed E-state index contributed by atoms with van der Waals surface area (Å²) in [6.07, 6.45) is 0. The number of rotatable bonds is 4. The van der Waals surface area contributed by atoms with Crippen LogP contribution in [0.2, 0.25) is 0 Å². The standard InChI is InChI=1S/C19H16N6OS/c1-21-18(24-25-20)11-5-6-14-16(9-11)23-19(15-7-8-27-17(14)15)22-12-3-2-4-13(26)10-12/h2-10,26H,1H3,(H,22,23)(H2,20,21,24). The molecule has 4 rings (SSSR count). The molecule has 0 aliphatic rings. The summed E-state index contributed by atoms with van der Waals surface area (Å²) in [6, 6.07) is 14.8. The van der Waals surface area contributed by atoms with Crippen LogP contribution in [0.5, 0.6) is 5.75 Å². The summed E-state index contributed by atoms with van der Waals surface area (Å²) in [7, 11) is 1.74. The Kier molecular flexibility index (Phi) is 4.39. The van der Waals surface area contributed by atoms with Gasteiger partial charge in [-0.2, -0.15) is 5.53 Å². The number of fused-ring (bicyclic) bond motifs is 3. The molecule has 0 amide bonds. The highest BCUT2D eigenvalue weighted by atomic mass is 32.1. The topological polar surface area (TPSA) is 106 Å². The van der Waals surface area contributed by atoms with E-state index < -0.39 is 0 Å². The van der Waals surface area contributed by atoms with Crippen LogP contribution in [-0.4, -0.2) is 23.0 Å². The Hall–Kier alpha value is -3.52. The van der Waals surface area contributed by atoms with Crippen molar-refractivity contribution in [3.63, 3.8) is 0 Å². The highest BCUT2D eigenvalue weighted by molar-refractivity contribution is 7.18. The third-order valence-electron chi connectivity index (χ3n) is 4.16. The number of phenolic OH excluding ortho intramolecular Hbond substituents is 1. The first-order valence-electron chi connectivity index (χ1n) is 8.19. The summed E-state index contributed by atoms with van der Waals surface area (Å²) in [6.45, 7) is 0. The second kappa shape index (κ2) is 7.00. The SMILES string of the molecule is CN/C(=N\N=N)c1ccc2c(c1)nc(Nc1cccc(O)c1)c1ccsc12. The maximum atomic E-state index is 9.71. The van der Waals surface area contributed by atoms with Crippen LogP contribution in [0.4, 0.5) is 11.5 Å². The van der Waals surface area contributed by atoms with Crippen molar-refractivity contribution in [3.8, 4) is 5.75 Å². The van der Waals surface area contributed by atoms with Crippen molar-refractivity contribution in [2.24, 2.45) is 10.3 Å². The van der Waals surface area contributed by atoms with E-state index in [9.17, 15) is 5.11 Å². The van der Waals surface area contributed by atoms with Gasteiger partial charge in [0.05, 0.1) is 5.52 Å². The summed E-state index contributed by atoms with van der Waals surface area (Å²) >= 11 is 1.65. The zero-order valence-electron chi connectivity index (χ0n) is 14.4. The van der Waals surface area contributed by atoms with Crippen LogP contribution in [0.3, 0.4) is 0 Å². The molecule has 0 bridgehead atoms. The summed E-state index contributed by atoms with van der Waals surface area (Å²) in [5, 5.41) is 27.0. The first-order chi connectivity index (χ1) is 13.2. The lowest BCUT2D eigenvalue weighted by molar-refractivity contribution is 0.475. The van der Waals surface area contributed by atoms with E-state index in [0.717, 1.165) is 38.1 Å². The number of nitrogens with zero attached hydrogens (tertiary/aromatic N) is 3. The number of pyridine rings is 1. The van der Waals surface area contributed by atoms with Crippen molar-refractivity contribution in [1.82, 2.24) is 10.3 Å². The number of aromatic hydroxyl groups is 1. The minimum Gasteiger partial charge on any atom is -0.508 e. The van der Waals surface area contributed by atoms with Gasteiger partial charge in [0.15, 0.2) is 5.84 Å². The van der Waals surface area contributed by atoms with E-state index in [1.165, 1.54) is 0 Å². The monoisotopic (exact) mass is 376 g/mol. The number of hydrogen-bond acceptors (Lipinski definition) is 6. The van der Waals surface area contributed by atoms with E-state index in [0.29, 0.717) is 5.84 Å². The van der Waals surface area contributed by atoms with Crippen LogP contribution < -0.4 is 10.6 Å². The molecule has 0 saturated carbocycles. The summed E-state index contributed by atoms with van der Waals surface area (Å²) in [5.41, 5.74) is 9.33. The minimum absolute atomic E-state index is 0.193. The fraction of sp³-hybridized carbons (Fsp3) is 0.0526. The van der Waals surface area contributed by atoms with E-state index in [1.807, 2.05) is 35.7 Å². The van der Waals surface area contributed by atoms with Crippen LogP contribution >= 0.6 is 11.3 Å².